The largest absolute Gasteiger partial charge is 0.481 e. The van der Waals surface area contributed by atoms with E-state index in [1.165, 1.54) is 24.3 Å². The molecule has 0 amide bonds. The Morgan fingerprint density at radius 2 is 1.62 bits per heavy atom. The summed E-state index contributed by atoms with van der Waals surface area (Å²) < 4.78 is 70.0. The SMILES string of the molecule is CC(C)(C)c1ccc(S(=O)(=O)NCC#CCOc2cccc(C(F)(F)F)c2)cc1. The number of halogens is 3. The molecule has 156 valence electrons. The standard InChI is InChI=1S/C21H22F3NO3S/c1-20(2,3)16-9-11-19(12-10-16)29(26,27)25-13-4-5-14-28-18-8-6-7-17(15-18)21(22,23)24/h6-12,15,25H,13-14H2,1-3H3. The second-order valence-corrected chi connectivity index (χ2v) is 9.03. The average molecular weight is 425 g/mol. The zero-order valence-electron chi connectivity index (χ0n) is 16.3. The summed E-state index contributed by atoms with van der Waals surface area (Å²) in [7, 11) is -3.70. The highest BCUT2D eigenvalue weighted by molar-refractivity contribution is 7.89. The molecule has 0 heterocycles. The van der Waals surface area contributed by atoms with Gasteiger partial charge in [-0.05, 0) is 41.3 Å². The van der Waals surface area contributed by atoms with Gasteiger partial charge in [0.2, 0.25) is 10.0 Å². The Bertz CT molecular complexity index is 996. The van der Waals surface area contributed by atoms with Gasteiger partial charge in [-0.3, -0.25) is 0 Å². The number of rotatable bonds is 5. The topological polar surface area (TPSA) is 55.4 Å². The first kappa shape index (κ1) is 22.8. The van der Waals surface area contributed by atoms with E-state index in [1.807, 2.05) is 20.8 Å². The smallest absolute Gasteiger partial charge is 0.416 e. The van der Waals surface area contributed by atoms with E-state index in [0.29, 0.717) is 0 Å². The predicted molar refractivity (Wildman–Crippen MR) is 105 cm³/mol. The summed E-state index contributed by atoms with van der Waals surface area (Å²) in [6.45, 7) is 5.79. The van der Waals surface area contributed by atoms with E-state index in [0.717, 1.165) is 17.7 Å². The van der Waals surface area contributed by atoms with Gasteiger partial charge in [0, 0.05) is 0 Å². The molecule has 0 aliphatic carbocycles. The molecule has 2 aromatic rings. The number of hydrogen-bond acceptors (Lipinski definition) is 3. The molecule has 0 saturated carbocycles. The van der Waals surface area contributed by atoms with Crippen LogP contribution in [0.25, 0.3) is 0 Å². The highest BCUT2D eigenvalue weighted by Gasteiger charge is 2.30. The van der Waals surface area contributed by atoms with Crippen LogP contribution in [0.2, 0.25) is 0 Å². The molecule has 0 bridgehead atoms. The van der Waals surface area contributed by atoms with E-state index in [4.69, 9.17) is 4.74 Å². The molecule has 0 spiro atoms. The van der Waals surface area contributed by atoms with Crippen molar-refractivity contribution in [2.24, 2.45) is 0 Å². The fourth-order valence-electron chi connectivity index (χ4n) is 2.34. The van der Waals surface area contributed by atoms with Gasteiger partial charge in [-0.1, -0.05) is 50.8 Å². The van der Waals surface area contributed by atoms with E-state index < -0.39 is 21.8 Å². The van der Waals surface area contributed by atoms with Crippen LogP contribution in [-0.2, 0) is 21.6 Å². The number of nitrogens with one attached hydrogen (secondary N) is 1. The van der Waals surface area contributed by atoms with Crippen molar-refractivity contribution >= 4 is 10.0 Å². The van der Waals surface area contributed by atoms with Crippen molar-refractivity contribution in [3.63, 3.8) is 0 Å². The summed E-state index contributed by atoms with van der Waals surface area (Å²) in [5.41, 5.74) is 0.122. The van der Waals surface area contributed by atoms with Crippen molar-refractivity contribution in [2.75, 3.05) is 13.2 Å². The number of ether oxygens (including phenoxy) is 1. The molecule has 2 aromatic carbocycles. The lowest BCUT2D eigenvalue weighted by Crippen LogP contribution is -2.24. The maximum Gasteiger partial charge on any atom is 0.416 e. The molecule has 4 nitrogen and oxygen atoms in total. The second-order valence-electron chi connectivity index (χ2n) is 7.27. The van der Waals surface area contributed by atoms with Crippen molar-refractivity contribution < 1.29 is 26.3 Å². The molecule has 0 aromatic heterocycles. The van der Waals surface area contributed by atoms with Crippen LogP contribution >= 0.6 is 0 Å². The number of alkyl halides is 3. The fraction of sp³-hybridized carbons (Fsp3) is 0.333. The normalized spacial score (nSPS) is 12.2. The zero-order chi connectivity index (χ0) is 21.7. The lowest BCUT2D eigenvalue weighted by atomic mass is 9.87. The minimum Gasteiger partial charge on any atom is -0.481 e. The van der Waals surface area contributed by atoms with Crippen molar-refractivity contribution in [3.05, 3.63) is 59.7 Å². The molecule has 8 heteroatoms. The Kier molecular flexibility index (Phi) is 6.98. The van der Waals surface area contributed by atoms with Crippen LogP contribution in [-0.4, -0.2) is 21.6 Å². The number of hydrogen-bond donors (Lipinski definition) is 1. The Labute approximate surface area is 169 Å². The molecule has 29 heavy (non-hydrogen) atoms. The summed E-state index contributed by atoms with van der Waals surface area (Å²) in [6, 6.07) is 11.1. The van der Waals surface area contributed by atoms with Gasteiger partial charge in [0.15, 0.2) is 0 Å². The van der Waals surface area contributed by atoms with Crippen LogP contribution in [0, 0.1) is 11.8 Å². The van der Waals surface area contributed by atoms with Gasteiger partial charge >= 0.3 is 6.18 Å². The molecular formula is C21H22F3NO3S. The van der Waals surface area contributed by atoms with Gasteiger partial charge in [0.05, 0.1) is 17.0 Å². The third-order valence-corrected chi connectivity index (χ3v) is 5.40. The van der Waals surface area contributed by atoms with Crippen molar-refractivity contribution in [2.45, 2.75) is 37.3 Å². The lowest BCUT2D eigenvalue weighted by Gasteiger charge is -2.19. The Hall–Kier alpha value is -2.50. The van der Waals surface area contributed by atoms with Gasteiger partial charge < -0.3 is 4.74 Å². The predicted octanol–water partition coefficient (Wildman–Crippen LogP) is 4.36. The van der Waals surface area contributed by atoms with E-state index in [2.05, 4.69) is 16.6 Å². The molecule has 0 unspecified atom stereocenters. The zero-order valence-corrected chi connectivity index (χ0v) is 17.1. The Morgan fingerprint density at radius 3 is 2.21 bits per heavy atom. The first-order chi connectivity index (χ1) is 13.4. The number of benzene rings is 2. The second kappa shape index (κ2) is 8.89. The molecule has 0 aliphatic heterocycles. The summed E-state index contributed by atoms with van der Waals surface area (Å²) >= 11 is 0. The monoisotopic (exact) mass is 425 g/mol. The van der Waals surface area contributed by atoms with Crippen LogP contribution < -0.4 is 9.46 Å². The van der Waals surface area contributed by atoms with Crippen molar-refractivity contribution in [3.8, 4) is 17.6 Å². The molecule has 1 N–H and O–H groups in total. The van der Waals surface area contributed by atoms with Gasteiger partial charge in [-0.25, -0.2) is 8.42 Å². The van der Waals surface area contributed by atoms with Gasteiger partial charge in [-0.15, -0.1) is 0 Å². The van der Waals surface area contributed by atoms with Crippen LogP contribution in [0.4, 0.5) is 13.2 Å². The summed E-state index contributed by atoms with van der Waals surface area (Å²) in [4.78, 5) is 0.132. The van der Waals surface area contributed by atoms with Crippen LogP contribution in [0.5, 0.6) is 5.75 Å². The van der Waals surface area contributed by atoms with E-state index in [1.54, 1.807) is 12.1 Å². The van der Waals surface area contributed by atoms with E-state index >= 15 is 0 Å². The Balaban J connectivity index is 1.88. The minimum absolute atomic E-state index is 0.0358. The Morgan fingerprint density at radius 1 is 0.966 bits per heavy atom. The molecule has 2 rings (SSSR count). The molecular weight excluding hydrogens is 403 g/mol. The van der Waals surface area contributed by atoms with Crippen molar-refractivity contribution in [1.82, 2.24) is 4.72 Å². The van der Waals surface area contributed by atoms with Crippen LogP contribution in [0.1, 0.15) is 31.9 Å². The first-order valence-electron chi connectivity index (χ1n) is 8.75. The number of sulfonamides is 1. The average Bonchev–Trinajstić information content (AvgIpc) is 2.63. The quantitative estimate of drug-likeness (QED) is 0.724. The molecule has 0 saturated heterocycles. The maximum atomic E-state index is 12.6. The maximum absolute atomic E-state index is 12.6. The summed E-state index contributed by atoms with van der Waals surface area (Å²) in [5.74, 6) is 5.18. The molecule has 0 atom stereocenters. The van der Waals surface area contributed by atoms with Crippen LogP contribution in [0.3, 0.4) is 0 Å². The summed E-state index contributed by atoms with van der Waals surface area (Å²) in [5, 5.41) is 0. The highest BCUT2D eigenvalue weighted by Crippen LogP contribution is 2.31. The lowest BCUT2D eigenvalue weighted by molar-refractivity contribution is -0.137. The van der Waals surface area contributed by atoms with E-state index in [9.17, 15) is 21.6 Å². The highest BCUT2D eigenvalue weighted by atomic mass is 32.2. The molecule has 0 radical (unpaired) electrons. The van der Waals surface area contributed by atoms with Gasteiger partial charge in [-0.2, -0.15) is 17.9 Å². The molecule has 0 fully saturated rings. The van der Waals surface area contributed by atoms with E-state index in [-0.39, 0.29) is 29.2 Å². The van der Waals surface area contributed by atoms with Gasteiger partial charge in [0.25, 0.3) is 0 Å². The van der Waals surface area contributed by atoms with Crippen LogP contribution in [0.15, 0.2) is 53.4 Å². The van der Waals surface area contributed by atoms with Crippen molar-refractivity contribution in [1.29, 1.82) is 0 Å². The minimum atomic E-state index is -4.45. The third kappa shape index (κ3) is 6.80. The summed E-state index contributed by atoms with van der Waals surface area (Å²) in [6.07, 6.45) is -4.45. The van der Waals surface area contributed by atoms with Gasteiger partial charge in [0.1, 0.15) is 12.4 Å². The fourth-order valence-corrected chi connectivity index (χ4v) is 3.27. The molecule has 0 aliphatic rings. The first-order valence-corrected chi connectivity index (χ1v) is 10.2. The third-order valence-electron chi connectivity index (χ3n) is 3.98.